The summed E-state index contributed by atoms with van der Waals surface area (Å²) >= 11 is 0. The van der Waals surface area contributed by atoms with Gasteiger partial charge in [-0.05, 0) is 30.5 Å². The minimum absolute atomic E-state index is 0.561. The van der Waals surface area contributed by atoms with E-state index in [9.17, 15) is 0 Å². The number of aryl methyl sites for hydroxylation is 1. The summed E-state index contributed by atoms with van der Waals surface area (Å²) in [6, 6.07) is 2.11. The van der Waals surface area contributed by atoms with Crippen LogP contribution in [0.5, 0.6) is 0 Å². The third-order valence-electron chi connectivity index (χ3n) is 2.26. The molecular weight excluding hydrogens is 174 g/mol. The number of rotatable bonds is 4. The van der Waals surface area contributed by atoms with E-state index in [-0.39, 0.29) is 0 Å². The Bertz CT molecular complexity index is 297. The van der Waals surface area contributed by atoms with Crippen molar-refractivity contribution in [2.24, 2.45) is 5.73 Å². The Hall–Kier alpha value is -1.09. The largest absolute Gasteiger partial charge is 0.359 e. The molecule has 78 valence electrons. The molecule has 0 radical (unpaired) electrons. The quantitative estimate of drug-likeness (QED) is 0.791. The smallest absolute Gasteiger partial charge is 0.131 e. The van der Waals surface area contributed by atoms with Crippen LogP contribution in [-0.4, -0.2) is 18.6 Å². The molecule has 1 heterocycles. The van der Waals surface area contributed by atoms with Crippen molar-refractivity contribution < 1.29 is 0 Å². The van der Waals surface area contributed by atoms with Crippen LogP contribution < -0.4 is 10.6 Å². The molecule has 1 aromatic heterocycles. The van der Waals surface area contributed by atoms with Crippen molar-refractivity contribution in [3.8, 4) is 0 Å². The summed E-state index contributed by atoms with van der Waals surface area (Å²) < 4.78 is 0. The Morgan fingerprint density at radius 2 is 2.21 bits per heavy atom. The zero-order chi connectivity index (χ0) is 10.6. The summed E-state index contributed by atoms with van der Waals surface area (Å²) in [7, 11) is 2.07. The molecule has 0 aliphatic heterocycles. The Morgan fingerprint density at radius 3 is 2.71 bits per heavy atom. The molecule has 3 nitrogen and oxygen atoms in total. The van der Waals surface area contributed by atoms with E-state index in [1.807, 2.05) is 6.20 Å². The lowest BCUT2D eigenvalue weighted by Gasteiger charge is -2.19. The van der Waals surface area contributed by atoms with Crippen molar-refractivity contribution in [2.45, 2.75) is 26.8 Å². The summed E-state index contributed by atoms with van der Waals surface area (Å²) in [6.45, 7) is 5.84. The number of anilines is 1. The van der Waals surface area contributed by atoms with Crippen LogP contribution in [0, 0.1) is 6.92 Å². The topological polar surface area (TPSA) is 42.2 Å². The van der Waals surface area contributed by atoms with Crippen LogP contribution in [0.15, 0.2) is 12.3 Å². The fourth-order valence-corrected chi connectivity index (χ4v) is 1.58. The molecule has 0 aromatic carbocycles. The number of nitrogens with zero attached hydrogens (tertiary/aromatic N) is 2. The Morgan fingerprint density at radius 1 is 1.50 bits per heavy atom. The summed E-state index contributed by atoms with van der Waals surface area (Å²) in [5.74, 6) is 1.06. The van der Waals surface area contributed by atoms with Gasteiger partial charge in [-0.3, -0.25) is 0 Å². The second-order valence-electron chi connectivity index (χ2n) is 3.61. The molecule has 0 spiro atoms. The van der Waals surface area contributed by atoms with Crippen molar-refractivity contribution in [2.75, 3.05) is 18.5 Å². The fraction of sp³-hybridized carbons (Fsp3) is 0.545. The first-order valence-corrected chi connectivity index (χ1v) is 5.05. The molecule has 14 heavy (non-hydrogen) atoms. The molecule has 2 N–H and O–H groups in total. The highest BCUT2D eigenvalue weighted by Gasteiger charge is 2.05. The molecular formula is C11H19N3. The van der Waals surface area contributed by atoms with Crippen molar-refractivity contribution in [3.63, 3.8) is 0 Å². The molecule has 0 fully saturated rings. The number of pyridine rings is 1. The Labute approximate surface area is 85.9 Å². The number of hydrogen-bond acceptors (Lipinski definition) is 3. The van der Waals surface area contributed by atoms with Gasteiger partial charge in [-0.1, -0.05) is 6.92 Å². The van der Waals surface area contributed by atoms with Crippen LogP contribution in [0.2, 0.25) is 0 Å². The predicted octanol–water partition coefficient (Wildman–Crippen LogP) is 1.69. The minimum Gasteiger partial charge on any atom is -0.359 e. The average molecular weight is 193 g/mol. The molecule has 0 amide bonds. The van der Waals surface area contributed by atoms with Crippen molar-refractivity contribution in [1.29, 1.82) is 0 Å². The Kier molecular flexibility index (Phi) is 3.89. The van der Waals surface area contributed by atoms with E-state index in [0.717, 1.165) is 24.3 Å². The van der Waals surface area contributed by atoms with Crippen molar-refractivity contribution in [1.82, 2.24) is 4.98 Å². The van der Waals surface area contributed by atoms with Crippen LogP contribution in [-0.2, 0) is 6.54 Å². The summed E-state index contributed by atoms with van der Waals surface area (Å²) in [5, 5.41) is 0. The molecule has 0 atom stereocenters. The lowest BCUT2D eigenvalue weighted by Crippen LogP contribution is -2.20. The lowest BCUT2D eigenvalue weighted by molar-refractivity contribution is 0.831. The van der Waals surface area contributed by atoms with Crippen LogP contribution in [0.25, 0.3) is 0 Å². The molecule has 0 aliphatic rings. The second-order valence-corrected chi connectivity index (χ2v) is 3.61. The SMILES string of the molecule is CCCN(C)c1ncc(CN)cc1C. The van der Waals surface area contributed by atoms with Gasteiger partial charge in [0.05, 0.1) is 0 Å². The van der Waals surface area contributed by atoms with E-state index >= 15 is 0 Å². The molecule has 0 aliphatic carbocycles. The van der Waals surface area contributed by atoms with Gasteiger partial charge in [0.25, 0.3) is 0 Å². The van der Waals surface area contributed by atoms with E-state index in [0.29, 0.717) is 6.54 Å². The van der Waals surface area contributed by atoms with Crippen LogP contribution >= 0.6 is 0 Å². The monoisotopic (exact) mass is 193 g/mol. The maximum absolute atomic E-state index is 5.55. The van der Waals surface area contributed by atoms with Crippen LogP contribution in [0.4, 0.5) is 5.82 Å². The van der Waals surface area contributed by atoms with E-state index < -0.39 is 0 Å². The highest BCUT2D eigenvalue weighted by Crippen LogP contribution is 2.16. The number of hydrogen-bond donors (Lipinski definition) is 1. The molecule has 0 saturated carbocycles. The normalized spacial score (nSPS) is 10.3. The van der Waals surface area contributed by atoms with Gasteiger partial charge in [0.15, 0.2) is 0 Å². The standard InChI is InChI=1S/C11H19N3/c1-4-5-14(3)11-9(2)6-10(7-12)8-13-11/h6,8H,4-5,7,12H2,1-3H3. The van der Waals surface area contributed by atoms with E-state index in [1.54, 1.807) is 0 Å². The minimum atomic E-state index is 0.561. The number of aromatic nitrogens is 1. The van der Waals surface area contributed by atoms with E-state index in [2.05, 4.69) is 36.8 Å². The highest BCUT2D eigenvalue weighted by molar-refractivity contribution is 5.46. The van der Waals surface area contributed by atoms with Gasteiger partial charge in [-0.25, -0.2) is 4.98 Å². The van der Waals surface area contributed by atoms with Crippen molar-refractivity contribution >= 4 is 5.82 Å². The molecule has 1 aromatic rings. The van der Waals surface area contributed by atoms with Gasteiger partial charge in [0.1, 0.15) is 5.82 Å². The van der Waals surface area contributed by atoms with E-state index in [1.165, 1.54) is 5.56 Å². The van der Waals surface area contributed by atoms with E-state index in [4.69, 9.17) is 5.73 Å². The van der Waals surface area contributed by atoms with Gasteiger partial charge in [-0.15, -0.1) is 0 Å². The lowest BCUT2D eigenvalue weighted by atomic mass is 10.2. The third-order valence-corrected chi connectivity index (χ3v) is 2.26. The van der Waals surface area contributed by atoms with Gasteiger partial charge < -0.3 is 10.6 Å². The van der Waals surface area contributed by atoms with Gasteiger partial charge in [0, 0.05) is 26.3 Å². The summed E-state index contributed by atoms with van der Waals surface area (Å²) in [4.78, 5) is 6.59. The number of nitrogens with two attached hydrogens (primary N) is 1. The first-order valence-electron chi connectivity index (χ1n) is 5.05. The Balaban J connectivity index is 2.88. The highest BCUT2D eigenvalue weighted by atomic mass is 15.2. The first kappa shape index (κ1) is 11.0. The molecule has 1 rings (SSSR count). The zero-order valence-electron chi connectivity index (χ0n) is 9.25. The predicted molar refractivity (Wildman–Crippen MR) is 60.4 cm³/mol. The third kappa shape index (κ3) is 2.45. The summed E-state index contributed by atoms with van der Waals surface area (Å²) in [6.07, 6.45) is 2.99. The van der Waals surface area contributed by atoms with Gasteiger partial charge in [0.2, 0.25) is 0 Å². The molecule has 3 heteroatoms. The van der Waals surface area contributed by atoms with Crippen LogP contribution in [0.1, 0.15) is 24.5 Å². The maximum Gasteiger partial charge on any atom is 0.131 e. The fourth-order valence-electron chi connectivity index (χ4n) is 1.58. The van der Waals surface area contributed by atoms with Crippen molar-refractivity contribution in [3.05, 3.63) is 23.4 Å². The molecule has 0 saturated heterocycles. The summed E-state index contributed by atoms with van der Waals surface area (Å²) in [5.41, 5.74) is 7.84. The zero-order valence-corrected chi connectivity index (χ0v) is 9.25. The maximum atomic E-state index is 5.55. The first-order chi connectivity index (χ1) is 6.69. The second kappa shape index (κ2) is 4.96. The van der Waals surface area contributed by atoms with Gasteiger partial charge >= 0.3 is 0 Å². The molecule has 0 unspecified atom stereocenters. The van der Waals surface area contributed by atoms with Gasteiger partial charge in [-0.2, -0.15) is 0 Å². The molecule has 0 bridgehead atoms. The average Bonchev–Trinajstić information content (AvgIpc) is 2.17. The van der Waals surface area contributed by atoms with Crippen LogP contribution in [0.3, 0.4) is 0 Å².